The van der Waals surface area contributed by atoms with Crippen molar-refractivity contribution in [1.82, 2.24) is 0 Å². The van der Waals surface area contributed by atoms with Crippen molar-refractivity contribution in [2.75, 3.05) is 0 Å². The summed E-state index contributed by atoms with van der Waals surface area (Å²) in [4.78, 5) is 16.4. The fourth-order valence-electron chi connectivity index (χ4n) is 2.58. The minimum absolute atomic E-state index is 0.128. The van der Waals surface area contributed by atoms with Crippen molar-refractivity contribution in [3.63, 3.8) is 0 Å². The van der Waals surface area contributed by atoms with Crippen LogP contribution in [0, 0.1) is 12.7 Å². The zero-order valence-electron chi connectivity index (χ0n) is 11.6. The van der Waals surface area contributed by atoms with E-state index in [4.69, 9.17) is 5.73 Å². The van der Waals surface area contributed by atoms with Gasteiger partial charge in [0.15, 0.2) is 11.9 Å². The molecule has 21 heavy (non-hydrogen) atoms. The number of nitrogens with zero attached hydrogens (tertiary/aromatic N) is 1. The molecule has 2 aromatic rings. The van der Waals surface area contributed by atoms with E-state index in [-0.39, 0.29) is 18.0 Å². The minimum Gasteiger partial charge on any atom is -0.303 e. The Morgan fingerprint density at radius 1 is 1.24 bits per heavy atom. The summed E-state index contributed by atoms with van der Waals surface area (Å²) in [6.45, 7) is 1.95. The van der Waals surface area contributed by atoms with E-state index in [2.05, 4.69) is 4.99 Å². The molecule has 1 heterocycles. The van der Waals surface area contributed by atoms with E-state index in [0.717, 1.165) is 16.7 Å². The van der Waals surface area contributed by atoms with Crippen LogP contribution in [0.2, 0.25) is 0 Å². The minimum atomic E-state index is -0.907. The number of fused-ring (bicyclic) bond motifs is 1. The van der Waals surface area contributed by atoms with Gasteiger partial charge in [-0.25, -0.2) is 4.39 Å². The molecule has 0 radical (unpaired) electrons. The predicted molar refractivity (Wildman–Crippen MR) is 79.9 cm³/mol. The molecule has 0 saturated heterocycles. The van der Waals surface area contributed by atoms with Crippen LogP contribution >= 0.6 is 0 Å². The Labute approximate surface area is 122 Å². The number of carbonyl (C=O) groups is 1. The van der Waals surface area contributed by atoms with Crippen LogP contribution in [0.15, 0.2) is 47.5 Å². The van der Waals surface area contributed by atoms with Crippen LogP contribution in [0.1, 0.15) is 22.3 Å². The van der Waals surface area contributed by atoms with E-state index in [1.54, 1.807) is 12.1 Å². The van der Waals surface area contributed by atoms with Gasteiger partial charge in [-0.3, -0.25) is 9.79 Å². The van der Waals surface area contributed by atoms with E-state index in [1.165, 1.54) is 12.1 Å². The molecule has 4 heteroatoms. The SMILES string of the molecule is Cc1cccc2c1CC(=O)C(N)N=C2c1cccc(F)c1. The van der Waals surface area contributed by atoms with Crippen LogP contribution in [0.5, 0.6) is 0 Å². The Hall–Kier alpha value is -2.33. The second-order valence-electron chi connectivity index (χ2n) is 5.18. The van der Waals surface area contributed by atoms with Crippen molar-refractivity contribution >= 4 is 11.5 Å². The fourth-order valence-corrected chi connectivity index (χ4v) is 2.58. The molecule has 3 nitrogen and oxygen atoms in total. The Morgan fingerprint density at radius 3 is 2.76 bits per heavy atom. The largest absolute Gasteiger partial charge is 0.303 e. The first-order valence-corrected chi connectivity index (χ1v) is 6.77. The summed E-state index contributed by atoms with van der Waals surface area (Å²) in [5, 5.41) is 0. The van der Waals surface area contributed by atoms with Crippen LogP contribution in [-0.2, 0) is 11.2 Å². The Kier molecular flexibility index (Phi) is 3.39. The lowest BCUT2D eigenvalue weighted by Crippen LogP contribution is -2.29. The lowest BCUT2D eigenvalue weighted by atomic mass is 9.92. The van der Waals surface area contributed by atoms with Crippen LogP contribution in [0.3, 0.4) is 0 Å². The predicted octanol–water partition coefficient (Wildman–Crippen LogP) is 2.38. The van der Waals surface area contributed by atoms with Crippen molar-refractivity contribution in [2.45, 2.75) is 19.5 Å². The molecule has 106 valence electrons. The molecule has 0 bridgehead atoms. The van der Waals surface area contributed by atoms with Gasteiger partial charge in [0, 0.05) is 17.5 Å². The van der Waals surface area contributed by atoms with Gasteiger partial charge in [0.05, 0.1) is 5.71 Å². The monoisotopic (exact) mass is 282 g/mol. The molecule has 2 aromatic carbocycles. The highest BCUT2D eigenvalue weighted by molar-refractivity contribution is 6.16. The van der Waals surface area contributed by atoms with Crippen molar-refractivity contribution in [1.29, 1.82) is 0 Å². The number of halogens is 1. The lowest BCUT2D eigenvalue weighted by molar-refractivity contribution is -0.119. The van der Waals surface area contributed by atoms with E-state index in [9.17, 15) is 9.18 Å². The summed E-state index contributed by atoms with van der Waals surface area (Å²) < 4.78 is 13.5. The summed E-state index contributed by atoms with van der Waals surface area (Å²) in [5.41, 5.74) is 9.83. The summed E-state index contributed by atoms with van der Waals surface area (Å²) in [5.74, 6) is -0.467. The molecule has 1 unspecified atom stereocenters. The van der Waals surface area contributed by atoms with E-state index >= 15 is 0 Å². The molecular formula is C17H15FN2O. The molecule has 2 N–H and O–H groups in total. The first-order chi connectivity index (χ1) is 10.1. The third-order valence-corrected chi connectivity index (χ3v) is 3.71. The third-order valence-electron chi connectivity index (χ3n) is 3.71. The molecule has 1 atom stereocenters. The number of ketones is 1. The van der Waals surface area contributed by atoms with Gasteiger partial charge in [0.2, 0.25) is 0 Å². The van der Waals surface area contributed by atoms with Gasteiger partial charge >= 0.3 is 0 Å². The molecular weight excluding hydrogens is 267 g/mol. The van der Waals surface area contributed by atoms with Gasteiger partial charge in [-0.05, 0) is 30.2 Å². The average molecular weight is 282 g/mol. The highest BCUT2D eigenvalue weighted by Crippen LogP contribution is 2.23. The van der Waals surface area contributed by atoms with Crippen molar-refractivity contribution in [3.05, 3.63) is 70.5 Å². The van der Waals surface area contributed by atoms with E-state index in [1.807, 2.05) is 25.1 Å². The number of Topliss-reactive ketones (excluding diaryl/α,β-unsaturated/α-hetero) is 1. The van der Waals surface area contributed by atoms with Crippen LogP contribution < -0.4 is 5.73 Å². The number of aliphatic imine (C=N–C) groups is 1. The summed E-state index contributed by atoms with van der Waals surface area (Å²) in [6, 6.07) is 11.9. The topological polar surface area (TPSA) is 55.5 Å². The first-order valence-electron chi connectivity index (χ1n) is 6.77. The van der Waals surface area contributed by atoms with Gasteiger partial charge < -0.3 is 5.73 Å². The summed E-state index contributed by atoms with van der Waals surface area (Å²) >= 11 is 0. The Bertz CT molecular complexity index is 752. The lowest BCUT2D eigenvalue weighted by Gasteiger charge is -2.11. The molecule has 0 fully saturated rings. The maximum absolute atomic E-state index is 13.5. The number of rotatable bonds is 1. The number of carbonyl (C=O) groups excluding carboxylic acids is 1. The number of hydrogen-bond acceptors (Lipinski definition) is 3. The third kappa shape index (κ3) is 2.50. The highest BCUT2D eigenvalue weighted by Gasteiger charge is 2.24. The van der Waals surface area contributed by atoms with Gasteiger partial charge in [-0.2, -0.15) is 0 Å². The summed E-state index contributed by atoms with van der Waals surface area (Å²) in [6.07, 6.45) is -0.652. The molecule has 0 aliphatic carbocycles. The van der Waals surface area contributed by atoms with Crippen molar-refractivity contribution in [3.8, 4) is 0 Å². The number of aryl methyl sites for hydroxylation is 1. The van der Waals surface area contributed by atoms with Crippen LogP contribution in [0.25, 0.3) is 0 Å². The molecule has 0 saturated carbocycles. The van der Waals surface area contributed by atoms with Crippen molar-refractivity contribution in [2.24, 2.45) is 10.7 Å². The highest BCUT2D eigenvalue weighted by atomic mass is 19.1. The van der Waals surface area contributed by atoms with E-state index in [0.29, 0.717) is 11.3 Å². The zero-order chi connectivity index (χ0) is 15.0. The molecule has 3 rings (SSSR count). The second-order valence-corrected chi connectivity index (χ2v) is 5.18. The maximum atomic E-state index is 13.5. The van der Waals surface area contributed by atoms with Crippen molar-refractivity contribution < 1.29 is 9.18 Å². The number of nitrogens with two attached hydrogens (primary N) is 1. The molecule has 1 aliphatic rings. The molecule has 0 aromatic heterocycles. The molecule has 0 amide bonds. The summed E-state index contributed by atoms with van der Waals surface area (Å²) in [7, 11) is 0. The second kappa shape index (κ2) is 5.22. The van der Waals surface area contributed by atoms with Gasteiger partial charge in [-0.15, -0.1) is 0 Å². The first kappa shape index (κ1) is 13.6. The quantitative estimate of drug-likeness (QED) is 0.873. The molecule has 0 spiro atoms. The van der Waals surface area contributed by atoms with E-state index < -0.39 is 6.17 Å². The normalized spacial score (nSPS) is 18.0. The standard InChI is InChI=1S/C17H15FN2O/c1-10-4-2-7-13-14(10)9-15(21)17(19)20-16(13)11-5-3-6-12(18)8-11/h2-8,17H,9,19H2,1H3. The van der Waals surface area contributed by atoms with Crippen LogP contribution in [-0.4, -0.2) is 17.7 Å². The van der Waals surface area contributed by atoms with Crippen LogP contribution in [0.4, 0.5) is 4.39 Å². The number of hydrogen-bond donors (Lipinski definition) is 1. The Morgan fingerprint density at radius 2 is 2.00 bits per heavy atom. The smallest absolute Gasteiger partial charge is 0.175 e. The Balaban J connectivity index is 2.25. The van der Waals surface area contributed by atoms with Gasteiger partial charge in [0.1, 0.15) is 5.82 Å². The van der Waals surface area contributed by atoms with Gasteiger partial charge in [-0.1, -0.05) is 30.3 Å². The fraction of sp³-hybridized carbons (Fsp3) is 0.176. The zero-order valence-corrected chi connectivity index (χ0v) is 11.6. The van der Waals surface area contributed by atoms with Gasteiger partial charge in [0.25, 0.3) is 0 Å². The average Bonchev–Trinajstić information content (AvgIpc) is 2.58. The number of benzene rings is 2. The maximum Gasteiger partial charge on any atom is 0.175 e. The molecule has 1 aliphatic heterocycles.